The van der Waals surface area contributed by atoms with Crippen LogP contribution in [0, 0.1) is 0 Å². The van der Waals surface area contributed by atoms with E-state index in [0.717, 1.165) is 12.4 Å². The van der Waals surface area contributed by atoms with Crippen molar-refractivity contribution in [1.82, 2.24) is 16.0 Å². The smallest absolute Gasteiger partial charge is 0.122 e. The highest BCUT2D eigenvalue weighted by molar-refractivity contribution is 5.73. The molecule has 0 aromatic rings. The van der Waals surface area contributed by atoms with Crippen molar-refractivity contribution in [2.75, 3.05) is 6.54 Å². The zero-order valence-corrected chi connectivity index (χ0v) is 7.96. The quantitative estimate of drug-likeness (QED) is 0.530. The summed E-state index contributed by atoms with van der Waals surface area (Å²) in [6, 6.07) is 0. The van der Waals surface area contributed by atoms with Gasteiger partial charge in [0.05, 0.1) is 5.82 Å². The van der Waals surface area contributed by atoms with Gasteiger partial charge >= 0.3 is 0 Å². The van der Waals surface area contributed by atoms with E-state index in [-0.39, 0.29) is 0 Å². The summed E-state index contributed by atoms with van der Waals surface area (Å²) in [6.07, 6.45) is 9.16. The van der Waals surface area contributed by atoms with E-state index >= 15 is 0 Å². The summed E-state index contributed by atoms with van der Waals surface area (Å²) in [5.74, 6) is 1.57. The van der Waals surface area contributed by atoms with Crippen molar-refractivity contribution in [2.24, 2.45) is 4.99 Å². The molecule has 0 saturated heterocycles. The molecular formula is C10H14N4. The summed E-state index contributed by atoms with van der Waals surface area (Å²) >= 11 is 0. The normalized spacial score (nSPS) is 17.4. The summed E-state index contributed by atoms with van der Waals surface area (Å²) in [4.78, 5) is 3.81. The molecule has 2 aliphatic heterocycles. The Morgan fingerprint density at radius 1 is 1.21 bits per heavy atom. The fourth-order valence-corrected chi connectivity index (χ4v) is 0.809. The molecule has 0 saturated carbocycles. The lowest BCUT2D eigenvalue weighted by Gasteiger charge is -2.10. The lowest BCUT2D eigenvalue weighted by atomic mass is 10.5. The van der Waals surface area contributed by atoms with Gasteiger partial charge in [-0.15, -0.1) is 0 Å². The number of allylic oxidation sites excluding steroid dienone is 1. The highest BCUT2D eigenvalue weighted by Gasteiger charge is 1.88. The van der Waals surface area contributed by atoms with Crippen LogP contribution in [0.2, 0.25) is 0 Å². The first-order valence-corrected chi connectivity index (χ1v) is 4.28. The standard InChI is InChI=1S/C5H8N2.C5H6N2/c2*1-5-6-3-2-4-7-5/h2-3,6-7H,1,4H2;2-4,6H,1H2. The van der Waals surface area contributed by atoms with E-state index in [1.807, 2.05) is 18.4 Å². The average molecular weight is 190 g/mol. The van der Waals surface area contributed by atoms with Crippen molar-refractivity contribution in [3.05, 3.63) is 49.4 Å². The maximum Gasteiger partial charge on any atom is 0.122 e. The Kier molecular flexibility index (Phi) is 4.07. The first-order valence-electron chi connectivity index (χ1n) is 4.28. The highest BCUT2D eigenvalue weighted by atomic mass is 15.1. The van der Waals surface area contributed by atoms with Crippen LogP contribution in [0.15, 0.2) is 54.3 Å². The molecule has 2 heterocycles. The number of aliphatic imine (C=N–C) groups is 1. The second-order valence-electron chi connectivity index (χ2n) is 2.63. The van der Waals surface area contributed by atoms with Gasteiger partial charge in [0.2, 0.25) is 0 Å². The number of nitrogens with zero attached hydrogens (tertiary/aromatic N) is 1. The minimum absolute atomic E-state index is 0.697. The third-order valence-electron chi connectivity index (χ3n) is 1.47. The van der Waals surface area contributed by atoms with E-state index in [1.165, 1.54) is 0 Å². The van der Waals surface area contributed by atoms with Crippen LogP contribution in [0.1, 0.15) is 0 Å². The van der Waals surface area contributed by atoms with Gasteiger partial charge in [-0.2, -0.15) is 0 Å². The highest BCUT2D eigenvalue weighted by Crippen LogP contribution is 1.87. The molecule has 2 aliphatic rings. The molecule has 74 valence electrons. The van der Waals surface area contributed by atoms with Crippen molar-refractivity contribution >= 4 is 6.21 Å². The summed E-state index contributed by atoms with van der Waals surface area (Å²) in [6.45, 7) is 8.09. The van der Waals surface area contributed by atoms with Gasteiger partial charge < -0.3 is 16.0 Å². The molecule has 4 nitrogen and oxygen atoms in total. The Morgan fingerprint density at radius 2 is 2.07 bits per heavy atom. The average Bonchev–Trinajstić information content (AvgIpc) is 2.21. The molecule has 0 aromatic heterocycles. The third kappa shape index (κ3) is 4.15. The van der Waals surface area contributed by atoms with E-state index in [4.69, 9.17) is 0 Å². The Labute approximate surface area is 83.8 Å². The summed E-state index contributed by atoms with van der Waals surface area (Å²) < 4.78 is 0. The van der Waals surface area contributed by atoms with Gasteiger partial charge in [0.1, 0.15) is 5.82 Å². The predicted molar refractivity (Wildman–Crippen MR) is 59.3 cm³/mol. The van der Waals surface area contributed by atoms with E-state index in [2.05, 4.69) is 34.1 Å². The zero-order chi connectivity index (χ0) is 10.2. The first kappa shape index (κ1) is 10.1. The van der Waals surface area contributed by atoms with E-state index in [9.17, 15) is 0 Å². The van der Waals surface area contributed by atoms with E-state index in [0.29, 0.717) is 5.82 Å². The maximum absolute atomic E-state index is 3.81. The molecule has 0 amide bonds. The monoisotopic (exact) mass is 190 g/mol. The molecule has 0 unspecified atom stereocenters. The van der Waals surface area contributed by atoms with Crippen LogP contribution < -0.4 is 16.0 Å². The molecule has 0 radical (unpaired) electrons. The molecule has 0 aliphatic carbocycles. The van der Waals surface area contributed by atoms with Gasteiger partial charge in [0, 0.05) is 25.2 Å². The van der Waals surface area contributed by atoms with Gasteiger partial charge in [-0.05, 0) is 12.2 Å². The summed E-state index contributed by atoms with van der Waals surface area (Å²) in [5.41, 5.74) is 0. The van der Waals surface area contributed by atoms with Crippen LogP contribution in [-0.2, 0) is 0 Å². The fourth-order valence-electron chi connectivity index (χ4n) is 0.809. The Hall–Kier alpha value is -1.97. The lowest BCUT2D eigenvalue weighted by Crippen LogP contribution is -2.25. The van der Waals surface area contributed by atoms with E-state index in [1.54, 1.807) is 12.4 Å². The molecule has 4 heteroatoms. The zero-order valence-electron chi connectivity index (χ0n) is 7.96. The van der Waals surface area contributed by atoms with Crippen molar-refractivity contribution in [1.29, 1.82) is 0 Å². The second kappa shape index (κ2) is 5.64. The molecule has 2 rings (SSSR count). The third-order valence-corrected chi connectivity index (χ3v) is 1.47. The van der Waals surface area contributed by atoms with Gasteiger partial charge in [0.25, 0.3) is 0 Å². The van der Waals surface area contributed by atoms with Gasteiger partial charge in [-0.25, -0.2) is 4.99 Å². The lowest BCUT2D eigenvalue weighted by molar-refractivity contribution is 0.789. The topological polar surface area (TPSA) is 48.5 Å². The number of nitrogens with one attached hydrogen (secondary N) is 3. The molecule has 0 aromatic carbocycles. The van der Waals surface area contributed by atoms with Crippen LogP contribution in [-0.4, -0.2) is 12.8 Å². The number of rotatable bonds is 0. The molecule has 3 N–H and O–H groups in total. The maximum atomic E-state index is 3.81. The molecular weight excluding hydrogens is 176 g/mol. The molecule has 14 heavy (non-hydrogen) atoms. The van der Waals surface area contributed by atoms with Crippen LogP contribution in [0.25, 0.3) is 0 Å². The fraction of sp³-hybridized carbons (Fsp3) is 0.100. The largest absolute Gasteiger partial charge is 0.369 e. The summed E-state index contributed by atoms with van der Waals surface area (Å²) in [7, 11) is 0. The molecule has 0 spiro atoms. The van der Waals surface area contributed by atoms with Crippen molar-refractivity contribution in [3.8, 4) is 0 Å². The Morgan fingerprint density at radius 3 is 2.36 bits per heavy atom. The van der Waals surface area contributed by atoms with Crippen LogP contribution >= 0.6 is 0 Å². The minimum atomic E-state index is 0.697. The van der Waals surface area contributed by atoms with Gasteiger partial charge in [-0.3, -0.25) is 0 Å². The van der Waals surface area contributed by atoms with Gasteiger partial charge in [0.15, 0.2) is 0 Å². The second-order valence-corrected chi connectivity index (χ2v) is 2.63. The van der Waals surface area contributed by atoms with Crippen molar-refractivity contribution < 1.29 is 0 Å². The van der Waals surface area contributed by atoms with Crippen molar-refractivity contribution in [3.63, 3.8) is 0 Å². The molecule has 0 bridgehead atoms. The van der Waals surface area contributed by atoms with Gasteiger partial charge in [-0.1, -0.05) is 13.2 Å². The number of hydrogen-bond acceptors (Lipinski definition) is 4. The van der Waals surface area contributed by atoms with Crippen molar-refractivity contribution in [2.45, 2.75) is 0 Å². The van der Waals surface area contributed by atoms with Crippen LogP contribution in [0.4, 0.5) is 0 Å². The minimum Gasteiger partial charge on any atom is -0.369 e. The van der Waals surface area contributed by atoms with E-state index < -0.39 is 0 Å². The molecule has 0 fully saturated rings. The summed E-state index contributed by atoms with van der Waals surface area (Å²) in [5, 5.41) is 8.69. The van der Waals surface area contributed by atoms with Crippen LogP contribution in [0.3, 0.4) is 0 Å². The molecule has 0 atom stereocenters. The van der Waals surface area contributed by atoms with Crippen LogP contribution in [0.5, 0.6) is 0 Å². The first-order chi connectivity index (χ1) is 6.79. The number of hydrogen-bond donors (Lipinski definition) is 3. The Bertz CT molecular complexity index is 299. The predicted octanol–water partition coefficient (Wildman–Crippen LogP) is 0.809. The SMILES string of the molecule is C=C1N=CC=CN1.C=C1NC=CCN1. The Balaban J connectivity index is 0.000000140.